The second-order valence-corrected chi connectivity index (χ2v) is 4.58. The first kappa shape index (κ1) is 12.5. The monoisotopic (exact) mass is 215 g/mol. The number of hydrogen-bond acceptors (Lipinski definition) is 3. The zero-order valence-corrected chi connectivity index (χ0v) is 9.84. The maximum Gasteiger partial charge on any atom is 0.222 e. The molecule has 0 saturated carbocycles. The highest BCUT2D eigenvalue weighted by Crippen LogP contribution is 2.17. The molecule has 1 rings (SSSR count). The Bertz CT molecular complexity index is 210. The first-order valence-electron chi connectivity index (χ1n) is 5.52. The first-order valence-corrected chi connectivity index (χ1v) is 5.52. The van der Waals surface area contributed by atoms with Crippen LogP contribution in [0.25, 0.3) is 0 Å². The van der Waals surface area contributed by atoms with Gasteiger partial charge in [-0.25, -0.2) is 0 Å². The van der Waals surface area contributed by atoms with Crippen molar-refractivity contribution in [3.63, 3.8) is 0 Å². The lowest BCUT2D eigenvalue weighted by Crippen LogP contribution is -2.46. The molecule has 1 atom stereocenters. The molecule has 1 heterocycles. The number of rotatable bonds is 5. The number of carbonyl (C=O) groups is 1. The van der Waals surface area contributed by atoms with Gasteiger partial charge in [-0.15, -0.1) is 0 Å². The van der Waals surface area contributed by atoms with E-state index in [4.69, 9.17) is 9.47 Å². The lowest BCUT2D eigenvalue weighted by molar-refractivity contribution is -0.124. The third kappa shape index (κ3) is 4.62. The molecule has 1 amide bonds. The van der Waals surface area contributed by atoms with E-state index in [1.807, 2.05) is 20.8 Å². The van der Waals surface area contributed by atoms with Crippen molar-refractivity contribution in [3.05, 3.63) is 0 Å². The lowest BCUT2D eigenvalue weighted by Gasteiger charge is -2.23. The van der Waals surface area contributed by atoms with Crippen LogP contribution in [0.2, 0.25) is 0 Å². The molecular formula is C11H21NO3. The Hall–Kier alpha value is -0.610. The van der Waals surface area contributed by atoms with Crippen molar-refractivity contribution in [1.29, 1.82) is 0 Å². The van der Waals surface area contributed by atoms with E-state index >= 15 is 0 Å². The molecule has 0 spiro atoms. The first-order chi connectivity index (χ1) is 7.02. The molecule has 1 fully saturated rings. The van der Waals surface area contributed by atoms with Gasteiger partial charge in [0.15, 0.2) is 0 Å². The molecule has 4 heteroatoms. The molecule has 1 aliphatic heterocycles. The Balaban J connectivity index is 2.18. The molecule has 0 aromatic carbocycles. The molecule has 0 unspecified atom stereocenters. The maximum atomic E-state index is 11.5. The smallest absolute Gasteiger partial charge is 0.222 e. The summed E-state index contributed by atoms with van der Waals surface area (Å²) in [5.74, 6) is 0.0450. The molecule has 1 aliphatic rings. The van der Waals surface area contributed by atoms with Gasteiger partial charge in [-0.2, -0.15) is 0 Å². The second-order valence-electron chi connectivity index (χ2n) is 4.58. The fourth-order valence-electron chi connectivity index (χ4n) is 1.55. The van der Waals surface area contributed by atoms with Gasteiger partial charge in [-0.1, -0.05) is 0 Å². The molecular weight excluding hydrogens is 194 g/mol. The molecule has 4 nitrogen and oxygen atoms in total. The van der Waals surface area contributed by atoms with Crippen LogP contribution in [0.15, 0.2) is 0 Å². The van der Waals surface area contributed by atoms with Gasteiger partial charge in [0.2, 0.25) is 5.91 Å². The van der Waals surface area contributed by atoms with Crippen LogP contribution in [0, 0.1) is 0 Å². The van der Waals surface area contributed by atoms with E-state index < -0.39 is 0 Å². The summed E-state index contributed by atoms with van der Waals surface area (Å²) in [6, 6.07) is 0. The largest absolute Gasteiger partial charge is 0.379 e. The topological polar surface area (TPSA) is 47.6 Å². The highest BCUT2D eigenvalue weighted by molar-refractivity contribution is 5.76. The quantitative estimate of drug-likeness (QED) is 0.747. The van der Waals surface area contributed by atoms with Gasteiger partial charge in [0.05, 0.1) is 24.9 Å². The summed E-state index contributed by atoms with van der Waals surface area (Å²) in [7, 11) is 0. The van der Waals surface area contributed by atoms with Crippen molar-refractivity contribution < 1.29 is 14.3 Å². The van der Waals surface area contributed by atoms with E-state index in [0.29, 0.717) is 19.6 Å². The predicted octanol–water partition coefficient (Wildman–Crippen LogP) is 1.10. The van der Waals surface area contributed by atoms with E-state index in [0.717, 1.165) is 13.0 Å². The van der Waals surface area contributed by atoms with Crippen LogP contribution < -0.4 is 5.32 Å². The minimum absolute atomic E-state index is 0.0450. The Morgan fingerprint density at radius 1 is 1.60 bits per heavy atom. The molecule has 0 bridgehead atoms. The number of nitrogens with one attached hydrogen (secondary N) is 1. The van der Waals surface area contributed by atoms with Crippen molar-refractivity contribution in [2.24, 2.45) is 0 Å². The number of carbonyl (C=O) groups excluding carboxylic acids is 1. The normalized spacial score (nSPS) is 25.9. The SMILES string of the molecule is CC(C)OCCC(=O)N[C@@]1(C)CCOC1. The van der Waals surface area contributed by atoms with Crippen LogP contribution in [0.3, 0.4) is 0 Å². The maximum absolute atomic E-state index is 11.5. The van der Waals surface area contributed by atoms with E-state index in [-0.39, 0.29) is 17.6 Å². The number of amides is 1. The average Bonchev–Trinajstić information content (AvgIpc) is 2.50. The Morgan fingerprint density at radius 2 is 2.33 bits per heavy atom. The highest BCUT2D eigenvalue weighted by Gasteiger charge is 2.30. The van der Waals surface area contributed by atoms with E-state index in [2.05, 4.69) is 5.32 Å². The minimum Gasteiger partial charge on any atom is -0.379 e. The summed E-state index contributed by atoms with van der Waals surface area (Å²) in [5.41, 5.74) is -0.172. The Labute approximate surface area is 91.3 Å². The summed E-state index contributed by atoms with van der Waals surface area (Å²) in [6.07, 6.45) is 1.50. The fraction of sp³-hybridized carbons (Fsp3) is 0.909. The third-order valence-corrected chi connectivity index (χ3v) is 2.44. The van der Waals surface area contributed by atoms with Gasteiger partial charge in [0, 0.05) is 13.0 Å². The second kappa shape index (κ2) is 5.47. The number of hydrogen-bond donors (Lipinski definition) is 1. The molecule has 0 aliphatic carbocycles. The molecule has 0 radical (unpaired) electrons. The van der Waals surface area contributed by atoms with E-state index in [1.54, 1.807) is 0 Å². The molecule has 15 heavy (non-hydrogen) atoms. The molecule has 0 aromatic rings. The van der Waals surface area contributed by atoms with Crippen LogP contribution in [0.5, 0.6) is 0 Å². The molecule has 1 saturated heterocycles. The van der Waals surface area contributed by atoms with Gasteiger partial charge in [0.1, 0.15) is 0 Å². The summed E-state index contributed by atoms with van der Waals surface area (Å²) in [5, 5.41) is 2.99. The van der Waals surface area contributed by atoms with Crippen molar-refractivity contribution in [2.75, 3.05) is 19.8 Å². The predicted molar refractivity (Wildman–Crippen MR) is 57.7 cm³/mol. The zero-order valence-electron chi connectivity index (χ0n) is 9.84. The van der Waals surface area contributed by atoms with Gasteiger partial charge in [0.25, 0.3) is 0 Å². The average molecular weight is 215 g/mol. The summed E-state index contributed by atoms with van der Waals surface area (Å²) >= 11 is 0. The molecule has 88 valence electrons. The van der Waals surface area contributed by atoms with Crippen molar-refractivity contribution in [2.45, 2.75) is 45.3 Å². The highest BCUT2D eigenvalue weighted by atomic mass is 16.5. The van der Waals surface area contributed by atoms with Crippen molar-refractivity contribution in [1.82, 2.24) is 5.32 Å². The standard InChI is InChI=1S/C11H21NO3/c1-9(2)15-6-4-10(13)12-11(3)5-7-14-8-11/h9H,4-8H2,1-3H3,(H,12,13)/t11-/m0/s1. The van der Waals surface area contributed by atoms with Crippen molar-refractivity contribution >= 4 is 5.91 Å². The summed E-state index contributed by atoms with van der Waals surface area (Å²) in [6.45, 7) is 7.78. The molecule has 0 aromatic heterocycles. The molecule has 1 N–H and O–H groups in total. The number of ether oxygens (including phenoxy) is 2. The van der Waals surface area contributed by atoms with Crippen LogP contribution in [0.1, 0.15) is 33.6 Å². The van der Waals surface area contributed by atoms with Gasteiger partial charge in [-0.05, 0) is 27.2 Å². The van der Waals surface area contributed by atoms with E-state index in [9.17, 15) is 4.79 Å². The Morgan fingerprint density at radius 3 is 2.87 bits per heavy atom. The van der Waals surface area contributed by atoms with Gasteiger partial charge in [-0.3, -0.25) is 4.79 Å². The van der Waals surface area contributed by atoms with Crippen LogP contribution in [0.4, 0.5) is 0 Å². The zero-order chi connectivity index (χ0) is 11.3. The summed E-state index contributed by atoms with van der Waals surface area (Å²) in [4.78, 5) is 11.5. The van der Waals surface area contributed by atoms with Crippen LogP contribution in [-0.2, 0) is 14.3 Å². The Kier molecular flexibility index (Phi) is 4.54. The fourth-order valence-corrected chi connectivity index (χ4v) is 1.55. The van der Waals surface area contributed by atoms with Gasteiger partial charge >= 0.3 is 0 Å². The third-order valence-electron chi connectivity index (χ3n) is 2.44. The van der Waals surface area contributed by atoms with E-state index in [1.165, 1.54) is 0 Å². The van der Waals surface area contributed by atoms with Crippen LogP contribution in [-0.4, -0.2) is 37.4 Å². The van der Waals surface area contributed by atoms with Crippen LogP contribution >= 0.6 is 0 Å². The lowest BCUT2D eigenvalue weighted by atomic mass is 10.0. The summed E-state index contributed by atoms with van der Waals surface area (Å²) < 4.78 is 10.6. The van der Waals surface area contributed by atoms with Gasteiger partial charge < -0.3 is 14.8 Å². The minimum atomic E-state index is -0.172. The van der Waals surface area contributed by atoms with Crippen molar-refractivity contribution in [3.8, 4) is 0 Å².